The zero-order valence-corrected chi connectivity index (χ0v) is 54.4. The molecule has 11 N–H and O–H groups in total. The summed E-state index contributed by atoms with van der Waals surface area (Å²) in [5, 5.41) is 26.8. The maximum Gasteiger partial charge on any atom is 0.523 e. The Hall–Kier alpha value is -7.50. The molecule has 0 saturated heterocycles. The maximum absolute atomic E-state index is 11.3. The minimum Gasteiger partial charge on any atom is -0.508 e. The van der Waals surface area contributed by atoms with E-state index in [2.05, 4.69) is 66.8 Å². The number of hydrogen-bond donors (Lipinski definition) is 9. The van der Waals surface area contributed by atoms with Crippen LogP contribution in [-0.2, 0) is 54.4 Å². The van der Waals surface area contributed by atoms with E-state index in [9.17, 15) is 55.3 Å². The number of terminal acetylenes is 2. The number of halogens is 5. The summed E-state index contributed by atoms with van der Waals surface area (Å²) in [7, 11) is -18.5. The topological polar surface area (TPSA) is 368 Å². The molecule has 0 aliphatic carbocycles. The van der Waals surface area contributed by atoms with Crippen LogP contribution >= 0.6 is 31.9 Å². The van der Waals surface area contributed by atoms with E-state index in [0.29, 0.717) is 75.5 Å². The van der Waals surface area contributed by atoms with Crippen LogP contribution in [0.5, 0.6) is 34.5 Å². The van der Waals surface area contributed by atoms with Crippen LogP contribution in [0.15, 0.2) is 130 Å². The largest absolute Gasteiger partial charge is 0.523 e. The predicted molar refractivity (Wildman–Crippen MR) is 338 cm³/mol. The van der Waals surface area contributed by atoms with Gasteiger partial charge in [-0.2, -0.15) is 21.6 Å². The van der Waals surface area contributed by atoms with Crippen LogP contribution in [0, 0.1) is 24.7 Å². The van der Waals surface area contributed by atoms with Crippen molar-refractivity contribution in [3.63, 3.8) is 0 Å². The molecule has 0 unspecified atom stereocenters. The molecule has 0 saturated carbocycles. The highest BCUT2D eigenvalue weighted by molar-refractivity contribution is 9.10. The number of anilines is 6. The first-order valence-electron chi connectivity index (χ1n) is 23.9. The minimum atomic E-state index is -5.35. The predicted octanol–water partition coefficient (Wildman–Crippen LogP) is 9.44. The van der Waals surface area contributed by atoms with Gasteiger partial charge < -0.3 is 41.0 Å². The number of aromatic hydroxyl groups is 3. The quantitative estimate of drug-likeness (QED) is 0.0188. The number of alkyl halides is 3. The van der Waals surface area contributed by atoms with E-state index in [0.717, 1.165) is 47.7 Å². The molecule has 0 bridgehead atoms. The molecule has 0 heterocycles. The Labute approximate surface area is 517 Å². The highest BCUT2D eigenvalue weighted by atomic mass is 79.9. The highest BCUT2D eigenvalue weighted by Crippen LogP contribution is 2.27. The van der Waals surface area contributed by atoms with Gasteiger partial charge in [0.1, 0.15) is 34.5 Å². The lowest BCUT2D eigenvalue weighted by atomic mass is 10.2. The number of nitrogens with one attached hydrogen (secondary N) is 4. The molecule has 0 aromatic heterocycles. The number of phenolic OH excluding ortho intramolecular Hbond substituents is 3. The Balaban J connectivity index is 0.000000989. The third-order valence-corrected chi connectivity index (χ3v) is 12.8. The maximum atomic E-state index is 11.3. The lowest BCUT2D eigenvalue weighted by Crippen LogP contribution is -2.25. The van der Waals surface area contributed by atoms with Gasteiger partial charge in [0, 0.05) is 67.8 Å². The van der Waals surface area contributed by atoms with Crippen molar-refractivity contribution in [3.05, 3.63) is 141 Å². The molecule has 23 nitrogen and oxygen atoms in total. The number of rotatable bonds is 16. The number of hydrogen-bond acceptors (Lipinski definition) is 19. The van der Waals surface area contributed by atoms with E-state index in [1.165, 1.54) is 30.3 Å². The zero-order chi connectivity index (χ0) is 66.3. The monoisotopic (exact) mass is 1430 g/mol. The molecule has 0 aliphatic rings. The average molecular weight is 1440 g/mol. The molecule has 86 heavy (non-hydrogen) atoms. The van der Waals surface area contributed by atoms with Gasteiger partial charge in [0.2, 0.25) is 40.1 Å². The second kappa shape index (κ2) is 37.1. The van der Waals surface area contributed by atoms with Crippen LogP contribution in [0.1, 0.15) is 38.8 Å². The first-order chi connectivity index (χ1) is 39.5. The van der Waals surface area contributed by atoms with Crippen LogP contribution in [-0.4, -0.2) is 114 Å². The van der Waals surface area contributed by atoms with Crippen molar-refractivity contribution in [2.45, 2.75) is 33.2 Å². The van der Waals surface area contributed by atoms with E-state index >= 15 is 0 Å². The zero-order valence-electron chi connectivity index (χ0n) is 47.2. The van der Waals surface area contributed by atoms with E-state index < -0.39 is 62.3 Å². The highest BCUT2D eigenvalue weighted by Gasteiger charge is 2.46. The van der Waals surface area contributed by atoms with Gasteiger partial charge >= 0.3 is 15.6 Å². The molecule has 6 rings (SSSR count). The van der Waals surface area contributed by atoms with Gasteiger partial charge in [-0.15, -0.1) is 12.8 Å². The molecule has 0 atom stereocenters. The van der Waals surface area contributed by atoms with Crippen molar-refractivity contribution in [2.75, 3.05) is 81.8 Å². The normalized spacial score (nSPS) is 10.8. The summed E-state index contributed by atoms with van der Waals surface area (Å²) in [6.07, 6.45) is 14.8. The molecule has 0 amide bonds. The van der Waals surface area contributed by atoms with Crippen LogP contribution in [0.2, 0.25) is 0 Å². The number of nitrogen functional groups attached to an aromatic ring is 2. The van der Waals surface area contributed by atoms with Crippen molar-refractivity contribution in [1.82, 2.24) is 0 Å². The number of nitrogens with two attached hydrogens (primary N) is 2. The van der Waals surface area contributed by atoms with Crippen LogP contribution in [0.25, 0.3) is 0 Å². The van der Waals surface area contributed by atoms with E-state index in [-0.39, 0.29) is 17.2 Å². The van der Waals surface area contributed by atoms with E-state index in [1.54, 1.807) is 91.0 Å². The third-order valence-electron chi connectivity index (χ3n) is 8.34. The molecule has 6 aromatic rings. The molecule has 0 aliphatic heterocycles. The summed E-state index contributed by atoms with van der Waals surface area (Å²) < 4.78 is 171. The van der Waals surface area contributed by atoms with Gasteiger partial charge in [0.15, 0.2) is 0 Å². The van der Waals surface area contributed by atoms with Gasteiger partial charge in [-0.3, -0.25) is 23.1 Å². The fourth-order valence-electron chi connectivity index (χ4n) is 5.62. The average Bonchev–Trinajstić information content (AvgIpc) is 3.54. The number of ether oxygens (including phenoxy) is 3. The summed E-state index contributed by atoms with van der Waals surface area (Å²) in [6.45, 7) is 7.91. The molecule has 33 heteroatoms. The summed E-state index contributed by atoms with van der Waals surface area (Å²) in [4.78, 5) is 0. The molecule has 0 radical (unpaired) electrons. The van der Waals surface area contributed by atoms with Crippen molar-refractivity contribution in [2.24, 2.45) is 0 Å². The fourth-order valence-corrected chi connectivity index (χ4v) is 9.21. The van der Waals surface area contributed by atoms with Crippen LogP contribution in [0.3, 0.4) is 0 Å². The smallest absolute Gasteiger partial charge is 0.508 e. The van der Waals surface area contributed by atoms with Gasteiger partial charge in [-0.05, 0) is 100 Å². The Morgan fingerprint density at radius 3 is 1.20 bits per heavy atom. The molecular formula is C53H65Br2F3N6O17S5. The second-order valence-electron chi connectivity index (χ2n) is 16.4. The van der Waals surface area contributed by atoms with E-state index in [4.69, 9.17) is 53.8 Å². The summed E-state index contributed by atoms with van der Waals surface area (Å²) >= 11 is 6.40. The Morgan fingerprint density at radius 1 is 0.465 bits per heavy atom. The van der Waals surface area contributed by atoms with E-state index in [1.807, 2.05) is 20.8 Å². The van der Waals surface area contributed by atoms with Gasteiger partial charge in [0.05, 0.1) is 74.2 Å². The third kappa shape index (κ3) is 38.4. The molecular weight excluding hydrogens is 1370 g/mol. The van der Waals surface area contributed by atoms with Crippen molar-refractivity contribution in [3.8, 4) is 59.2 Å². The number of phenols is 3. The van der Waals surface area contributed by atoms with Crippen molar-refractivity contribution in [1.29, 1.82) is 0 Å². The van der Waals surface area contributed by atoms with Gasteiger partial charge in [-0.1, -0.05) is 55.8 Å². The Kier molecular flexibility index (Phi) is 33.9. The van der Waals surface area contributed by atoms with Crippen LogP contribution in [0.4, 0.5) is 47.3 Å². The first kappa shape index (κ1) is 78.5. The van der Waals surface area contributed by atoms with Crippen molar-refractivity contribution < 1.29 is 89.0 Å². The molecule has 474 valence electrons. The minimum absolute atomic E-state index is 0.000486. The van der Waals surface area contributed by atoms with Crippen molar-refractivity contribution >= 4 is 116 Å². The molecule has 6 aromatic carbocycles. The first-order valence-corrected chi connectivity index (χ1v) is 34.5. The second-order valence-corrected chi connectivity index (χ2v) is 26.9. The standard InChI is InChI=1S/C11H13NO3S.C10H11NO.C9H12BrNO3S.C7H8BrNO3S.C7H9NO3S.C6H7NO.C3H5F3O3S/c1-4-9-6-10(12-16(3,13)14)8-11(7-9)15-5-2;1-3-8-5-9(11)7-10(6-8)12-4-2;1-3-14-9-5-7(10)4-8(6-9)11-15(2,12)13;1-13(11,12)9-6-2-5(8)3-7(10)4-6;1-12(10,11)8-6-3-2-4-7(9)5-6;7-5-2-1-3-6(8)4-5;1-2-9-10(7,8)3(4,5)6/h1,6-8,12H,5H2,2-3H3;1,5-7H,4,11H2,2H3;4-6,11H,3H2,1-2H3;2-4,9-10H,1H3;2-5,8-9H,1H3;1-4,8H,7H2;2H2,1H3. The van der Waals surface area contributed by atoms with Gasteiger partial charge in [0.25, 0.3) is 0 Å². The van der Waals surface area contributed by atoms with Crippen LogP contribution < -0.4 is 44.6 Å². The summed E-state index contributed by atoms with van der Waals surface area (Å²) in [5.74, 6) is 7.08. The lowest BCUT2D eigenvalue weighted by molar-refractivity contribution is -0.0539. The number of sulfonamides is 4. The summed E-state index contributed by atoms with van der Waals surface area (Å²) in [5.41, 5.74) is 9.70. The number of benzene rings is 6. The Morgan fingerprint density at radius 2 is 0.837 bits per heavy atom. The Bertz CT molecular complexity index is 3780. The lowest BCUT2D eigenvalue weighted by Gasteiger charge is -2.08. The molecule has 0 fully saturated rings. The molecule has 0 spiro atoms. The summed E-state index contributed by atoms with van der Waals surface area (Å²) in [6, 6.07) is 32.0. The van der Waals surface area contributed by atoms with Gasteiger partial charge in [-0.25, -0.2) is 33.7 Å². The fraction of sp³-hybridized carbons (Fsp3) is 0.245. The SMILES string of the molecule is C#Cc1cc(N)cc(OCC)c1.C#Cc1cc(NS(C)(=O)=O)cc(OCC)c1.CCOS(=O)(=O)C(F)(F)F.CCOc1cc(Br)cc(NS(C)(=O)=O)c1.CS(=O)(=O)Nc1cc(O)cc(Br)c1.CS(=O)(=O)Nc1cccc(O)c1.Nc1cccc(O)c1.